The van der Waals surface area contributed by atoms with Crippen molar-refractivity contribution in [3.8, 4) is 0 Å². The van der Waals surface area contributed by atoms with Crippen molar-refractivity contribution in [2.24, 2.45) is 0 Å². The summed E-state index contributed by atoms with van der Waals surface area (Å²) in [7, 11) is -3.84. The third-order valence-electron chi connectivity index (χ3n) is 7.01. The molecule has 212 valence electrons. The SMILES string of the molecule is CS(=O)(=O)N(CC(=O)N(Cc1ccc(Br)cc1)C(Cc1ccccc1)C(=O)NC1CCCC1)c1cccc(Cl)c1. The molecule has 1 aliphatic rings. The van der Waals surface area contributed by atoms with Crippen molar-refractivity contribution in [2.45, 2.75) is 50.7 Å². The van der Waals surface area contributed by atoms with Gasteiger partial charge in [0, 0.05) is 28.5 Å². The quantitative estimate of drug-likeness (QED) is 0.295. The second-order valence-corrected chi connectivity index (χ2v) is 13.4. The lowest BCUT2D eigenvalue weighted by Crippen LogP contribution is -2.54. The van der Waals surface area contributed by atoms with Crippen molar-refractivity contribution in [2.75, 3.05) is 17.1 Å². The van der Waals surface area contributed by atoms with Crippen molar-refractivity contribution in [1.82, 2.24) is 10.2 Å². The number of carbonyl (C=O) groups excluding carboxylic acids is 2. The minimum Gasteiger partial charge on any atom is -0.352 e. The largest absolute Gasteiger partial charge is 0.352 e. The van der Waals surface area contributed by atoms with E-state index in [1.54, 1.807) is 18.2 Å². The van der Waals surface area contributed by atoms with Gasteiger partial charge in [-0.3, -0.25) is 13.9 Å². The van der Waals surface area contributed by atoms with Gasteiger partial charge in [-0.05, 0) is 54.3 Å². The van der Waals surface area contributed by atoms with Crippen LogP contribution >= 0.6 is 27.5 Å². The molecule has 0 spiro atoms. The standard InChI is InChI=1S/C30H33BrClN3O4S/c1-40(38,39)35(27-13-7-10-25(32)19-27)21-29(36)34(20-23-14-16-24(31)17-15-23)28(18-22-8-3-2-4-9-22)30(37)33-26-11-5-6-12-26/h2-4,7-10,13-17,19,26,28H,5-6,11-12,18,20-21H2,1H3,(H,33,37). The minimum absolute atomic E-state index is 0.0642. The average Bonchev–Trinajstić information content (AvgIpc) is 3.43. The van der Waals surface area contributed by atoms with Crippen LogP contribution in [-0.2, 0) is 32.6 Å². The van der Waals surface area contributed by atoms with E-state index in [1.807, 2.05) is 54.6 Å². The molecule has 0 bridgehead atoms. The van der Waals surface area contributed by atoms with E-state index in [-0.39, 0.29) is 30.6 Å². The van der Waals surface area contributed by atoms with Crippen molar-refractivity contribution in [3.05, 3.63) is 99.5 Å². The first kappa shape index (κ1) is 30.1. The summed E-state index contributed by atoms with van der Waals surface area (Å²) < 4.78 is 27.6. The molecule has 0 aromatic heterocycles. The molecule has 2 amide bonds. The Kier molecular flexibility index (Phi) is 10.3. The fourth-order valence-corrected chi connectivity index (χ4v) is 6.24. The molecule has 40 heavy (non-hydrogen) atoms. The maximum Gasteiger partial charge on any atom is 0.244 e. The van der Waals surface area contributed by atoms with E-state index in [0.717, 1.165) is 51.8 Å². The Bertz CT molecular complexity index is 1410. The highest BCUT2D eigenvalue weighted by atomic mass is 79.9. The molecule has 1 aliphatic carbocycles. The number of amides is 2. The van der Waals surface area contributed by atoms with Gasteiger partial charge in [-0.15, -0.1) is 0 Å². The van der Waals surface area contributed by atoms with E-state index in [0.29, 0.717) is 5.02 Å². The van der Waals surface area contributed by atoms with Crippen LogP contribution < -0.4 is 9.62 Å². The summed E-state index contributed by atoms with van der Waals surface area (Å²) in [6, 6.07) is 22.6. The van der Waals surface area contributed by atoms with E-state index < -0.39 is 28.5 Å². The second-order valence-electron chi connectivity index (χ2n) is 10.1. The Morgan fingerprint density at radius 3 is 2.27 bits per heavy atom. The molecule has 1 unspecified atom stereocenters. The van der Waals surface area contributed by atoms with Gasteiger partial charge >= 0.3 is 0 Å². The number of carbonyl (C=O) groups is 2. The fourth-order valence-electron chi connectivity index (χ4n) is 4.95. The Hall–Kier alpha value is -2.88. The third kappa shape index (κ3) is 8.32. The summed E-state index contributed by atoms with van der Waals surface area (Å²) in [5.74, 6) is -0.731. The Morgan fingerprint density at radius 2 is 1.65 bits per heavy atom. The second kappa shape index (κ2) is 13.7. The monoisotopic (exact) mass is 645 g/mol. The van der Waals surface area contributed by atoms with Crippen molar-refractivity contribution in [3.63, 3.8) is 0 Å². The molecule has 3 aromatic carbocycles. The van der Waals surface area contributed by atoms with Crippen LogP contribution in [0.1, 0.15) is 36.8 Å². The van der Waals surface area contributed by atoms with Crippen LogP contribution in [0.2, 0.25) is 5.02 Å². The number of benzene rings is 3. The van der Waals surface area contributed by atoms with Gasteiger partial charge in [0.15, 0.2) is 0 Å². The lowest BCUT2D eigenvalue weighted by molar-refractivity contribution is -0.140. The fraction of sp³-hybridized carbons (Fsp3) is 0.333. The van der Waals surface area contributed by atoms with Gasteiger partial charge in [-0.1, -0.05) is 88.9 Å². The van der Waals surface area contributed by atoms with Crippen LogP contribution in [0.15, 0.2) is 83.3 Å². The number of rotatable bonds is 11. The summed E-state index contributed by atoms with van der Waals surface area (Å²) in [6.45, 7) is -0.341. The summed E-state index contributed by atoms with van der Waals surface area (Å²) in [5, 5.41) is 3.51. The van der Waals surface area contributed by atoms with Gasteiger partial charge in [0.2, 0.25) is 21.8 Å². The Morgan fingerprint density at radius 1 is 0.975 bits per heavy atom. The van der Waals surface area contributed by atoms with Crippen LogP contribution in [0.25, 0.3) is 0 Å². The van der Waals surface area contributed by atoms with Gasteiger partial charge in [-0.2, -0.15) is 0 Å². The lowest BCUT2D eigenvalue weighted by Gasteiger charge is -2.34. The highest BCUT2D eigenvalue weighted by molar-refractivity contribution is 9.10. The first-order valence-electron chi connectivity index (χ1n) is 13.2. The molecule has 0 saturated heterocycles. The third-order valence-corrected chi connectivity index (χ3v) is 8.92. The molecule has 4 rings (SSSR count). The van der Waals surface area contributed by atoms with Crippen molar-refractivity contribution < 1.29 is 18.0 Å². The van der Waals surface area contributed by atoms with E-state index in [9.17, 15) is 18.0 Å². The zero-order valence-corrected chi connectivity index (χ0v) is 25.5. The molecule has 1 saturated carbocycles. The number of sulfonamides is 1. The summed E-state index contributed by atoms with van der Waals surface area (Å²) in [4.78, 5) is 29.4. The van der Waals surface area contributed by atoms with Crippen LogP contribution in [-0.4, -0.2) is 50.0 Å². The molecule has 0 heterocycles. The minimum atomic E-state index is -3.84. The van der Waals surface area contributed by atoms with Gasteiger partial charge in [0.05, 0.1) is 11.9 Å². The first-order valence-corrected chi connectivity index (χ1v) is 16.2. The number of hydrogen-bond acceptors (Lipinski definition) is 4. The predicted octanol–water partition coefficient (Wildman–Crippen LogP) is 5.57. The molecule has 0 radical (unpaired) electrons. The van der Waals surface area contributed by atoms with Gasteiger partial charge in [0.25, 0.3) is 0 Å². The summed E-state index contributed by atoms with van der Waals surface area (Å²) >= 11 is 9.59. The van der Waals surface area contributed by atoms with Crippen LogP contribution in [0.3, 0.4) is 0 Å². The zero-order chi connectivity index (χ0) is 28.7. The normalized spacial score (nSPS) is 14.5. The van der Waals surface area contributed by atoms with E-state index in [2.05, 4.69) is 21.2 Å². The molecule has 3 aromatic rings. The Balaban J connectivity index is 1.72. The maximum absolute atomic E-state index is 14.1. The molecular formula is C30H33BrClN3O4S. The number of hydrogen-bond donors (Lipinski definition) is 1. The molecule has 10 heteroatoms. The smallest absolute Gasteiger partial charge is 0.244 e. The molecule has 0 aliphatic heterocycles. The van der Waals surface area contributed by atoms with E-state index in [1.165, 1.54) is 11.0 Å². The van der Waals surface area contributed by atoms with Gasteiger partial charge in [0.1, 0.15) is 12.6 Å². The number of anilines is 1. The number of nitrogens with one attached hydrogen (secondary N) is 1. The zero-order valence-electron chi connectivity index (χ0n) is 22.3. The summed E-state index contributed by atoms with van der Waals surface area (Å²) in [5.41, 5.74) is 2.00. The van der Waals surface area contributed by atoms with Crippen LogP contribution in [0.5, 0.6) is 0 Å². The maximum atomic E-state index is 14.1. The van der Waals surface area contributed by atoms with Crippen molar-refractivity contribution >= 4 is 55.1 Å². The number of halogens is 2. The first-order chi connectivity index (χ1) is 19.1. The predicted molar refractivity (Wildman–Crippen MR) is 163 cm³/mol. The van der Waals surface area contributed by atoms with Crippen molar-refractivity contribution in [1.29, 1.82) is 0 Å². The number of nitrogens with zero attached hydrogens (tertiary/aromatic N) is 2. The van der Waals surface area contributed by atoms with Crippen LogP contribution in [0.4, 0.5) is 5.69 Å². The molecule has 1 fully saturated rings. The highest BCUT2D eigenvalue weighted by Gasteiger charge is 2.34. The van der Waals surface area contributed by atoms with E-state index >= 15 is 0 Å². The molecule has 1 N–H and O–H groups in total. The average molecular weight is 647 g/mol. The Labute approximate surface area is 249 Å². The van der Waals surface area contributed by atoms with Gasteiger partial charge in [-0.25, -0.2) is 8.42 Å². The topological polar surface area (TPSA) is 86.8 Å². The molecule has 7 nitrogen and oxygen atoms in total. The van der Waals surface area contributed by atoms with Gasteiger partial charge < -0.3 is 10.2 Å². The highest BCUT2D eigenvalue weighted by Crippen LogP contribution is 2.24. The molecular weight excluding hydrogens is 614 g/mol. The summed E-state index contributed by atoms with van der Waals surface area (Å²) in [6.07, 6.45) is 5.26. The lowest BCUT2D eigenvalue weighted by atomic mass is 10.0. The molecule has 1 atom stereocenters. The van der Waals surface area contributed by atoms with E-state index in [4.69, 9.17) is 11.6 Å². The van der Waals surface area contributed by atoms with Crippen LogP contribution in [0, 0.1) is 0 Å².